The average molecular weight is 472 g/mol. The second-order valence-corrected chi connectivity index (χ2v) is 9.51. The molecule has 1 aliphatic rings. The Labute approximate surface area is 192 Å². The number of fused-ring (bicyclic) bond motifs is 1. The molecule has 174 valence electrons. The van der Waals surface area contributed by atoms with Crippen LogP contribution in [0.3, 0.4) is 0 Å². The maximum absolute atomic E-state index is 12.8. The highest BCUT2D eigenvalue weighted by Crippen LogP contribution is 2.32. The number of amides is 1. The number of nitrogens with zero attached hydrogens (tertiary/aromatic N) is 1. The number of rotatable bonds is 9. The molecule has 1 amide bonds. The molecule has 0 aliphatic carbocycles. The molecular formula is C23H25N3O6S. The zero-order valence-corrected chi connectivity index (χ0v) is 19.1. The van der Waals surface area contributed by atoms with E-state index in [9.17, 15) is 13.2 Å². The lowest BCUT2D eigenvalue weighted by Crippen LogP contribution is -2.34. The predicted molar refractivity (Wildman–Crippen MR) is 121 cm³/mol. The topological polar surface area (TPSA) is 110 Å². The lowest BCUT2D eigenvalue weighted by molar-refractivity contribution is 0.0939. The fourth-order valence-electron chi connectivity index (χ4n) is 3.43. The summed E-state index contributed by atoms with van der Waals surface area (Å²) in [5.41, 5.74) is 0.974. The first-order chi connectivity index (χ1) is 15.8. The van der Waals surface area contributed by atoms with Crippen LogP contribution >= 0.6 is 0 Å². The second kappa shape index (κ2) is 9.65. The number of likely N-dealkylation sites (N-methyl/N-ethyl adjacent to an activating group) is 1. The van der Waals surface area contributed by atoms with Crippen molar-refractivity contribution in [1.82, 2.24) is 14.9 Å². The van der Waals surface area contributed by atoms with Gasteiger partial charge in [0.15, 0.2) is 11.5 Å². The number of furan rings is 1. The first-order valence-electron chi connectivity index (χ1n) is 10.3. The highest BCUT2D eigenvalue weighted by Gasteiger charge is 2.20. The number of carbonyl (C=O) groups is 1. The SMILES string of the molecule is CN(C)C(CNC(=O)c1cccc(S(=O)(=O)NCc2ccc3c(c2)OCO3)c1)c1ccco1. The molecular weight excluding hydrogens is 446 g/mol. The zero-order chi connectivity index (χ0) is 23.4. The molecule has 2 aromatic carbocycles. The summed E-state index contributed by atoms with van der Waals surface area (Å²) in [6.07, 6.45) is 1.58. The molecule has 33 heavy (non-hydrogen) atoms. The third kappa shape index (κ3) is 5.36. The van der Waals surface area contributed by atoms with Crippen molar-refractivity contribution in [3.8, 4) is 11.5 Å². The lowest BCUT2D eigenvalue weighted by Gasteiger charge is -2.22. The summed E-state index contributed by atoms with van der Waals surface area (Å²) >= 11 is 0. The van der Waals surface area contributed by atoms with Crippen molar-refractivity contribution >= 4 is 15.9 Å². The van der Waals surface area contributed by atoms with Gasteiger partial charge in [-0.15, -0.1) is 0 Å². The van der Waals surface area contributed by atoms with E-state index < -0.39 is 10.0 Å². The minimum Gasteiger partial charge on any atom is -0.468 e. The van der Waals surface area contributed by atoms with E-state index in [4.69, 9.17) is 13.9 Å². The molecule has 9 nitrogen and oxygen atoms in total. The Morgan fingerprint density at radius 1 is 1.06 bits per heavy atom. The van der Waals surface area contributed by atoms with E-state index in [0.717, 1.165) is 11.3 Å². The van der Waals surface area contributed by atoms with E-state index in [1.165, 1.54) is 12.1 Å². The summed E-state index contributed by atoms with van der Waals surface area (Å²) in [4.78, 5) is 14.6. The molecule has 10 heteroatoms. The Bertz CT molecular complexity index is 1220. The molecule has 1 atom stereocenters. The van der Waals surface area contributed by atoms with E-state index in [1.54, 1.807) is 42.7 Å². The molecule has 2 N–H and O–H groups in total. The number of ether oxygens (including phenoxy) is 2. The van der Waals surface area contributed by atoms with Crippen LogP contribution in [0.5, 0.6) is 11.5 Å². The number of nitrogens with one attached hydrogen (secondary N) is 2. The molecule has 0 bridgehead atoms. The normalized spacial score (nSPS) is 13.8. The molecule has 1 aliphatic heterocycles. The van der Waals surface area contributed by atoms with Crippen LogP contribution in [0.15, 0.2) is 70.2 Å². The highest BCUT2D eigenvalue weighted by atomic mass is 32.2. The standard InChI is InChI=1S/C23H25N3O6S/c1-26(2)19(20-7-4-10-30-20)14-24-23(27)17-5-3-6-18(12-17)33(28,29)25-13-16-8-9-21-22(11-16)32-15-31-21/h3-12,19,25H,13-15H2,1-2H3,(H,24,27). The highest BCUT2D eigenvalue weighted by molar-refractivity contribution is 7.89. The number of hydrogen-bond donors (Lipinski definition) is 2. The molecule has 0 fully saturated rings. The maximum atomic E-state index is 12.8. The Kier molecular flexibility index (Phi) is 6.68. The average Bonchev–Trinajstić information content (AvgIpc) is 3.49. The van der Waals surface area contributed by atoms with Crippen molar-refractivity contribution in [2.24, 2.45) is 0 Å². The van der Waals surface area contributed by atoms with Crippen LogP contribution in [0.2, 0.25) is 0 Å². The Morgan fingerprint density at radius 2 is 1.88 bits per heavy atom. The Hall–Kier alpha value is -3.34. The predicted octanol–water partition coefficient (Wildman–Crippen LogP) is 2.52. The first kappa shape index (κ1) is 22.8. The van der Waals surface area contributed by atoms with Crippen molar-refractivity contribution in [3.05, 3.63) is 77.7 Å². The van der Waals surface area contributed by atoms with Gasteiger partial charge in [0.2, 0.25) is 16.8 Å². The van der Waals surface area contributed by atoms with Crippen molar-refractivity contribution in [2.75, 3.05) is 27.4 Å². The third-order valence-electron chi connectivity index (χ3n) is 5.26. The number of benzene rings is 2. The maximum Gasteiger partial charge on any atom is 0.251 e. The fraction of sp³-hybridized carbons (Fsp3) is 0.261. The van der Waals surface area contributed by atoms with Gasteiger partial charge in [-0.3, -0.25) is 9.69 Å². The molecule has 1 aromatic heterocycles. The van der Waals surface area contributed by atoms with Gasteiger partial charge in [-0.2, -0.15) is 0 Å². The summed E-state index contributed by atoms with van der Waals surface area (Å²) < 4.78 is 44.2. The Balaban J connectivity index is 1.41. The van der Waals surface area contributed by atoms with Gasteiger partial charge in [-0.25, -0.2) is 13.1 Å². The largest absolute Gasteiger partial charge is 0.468 e. The quantitative estimate of drug-likeness (QED) is 0.493. The van der Waals surface area contributed by atoms with Crippen LogP contribution in [0.4, 0.5) is 0 Å². The zero-order valence-electron chi connectivity index (χ0n) is 18.3. The third-order valence-corrected chi connectivity index (χ3v) is 6.66. The molecule has 0 radical (unpaired) electrons. The summed E-state index contributed by atoms with van der Waals surface area (Å²) in [5, 5.41) is 2.85. The minimum absolute atomic E-state index is 0.00564. The van der Waals surface area contributed by atoms with Gasteiger partial charge in [0.25, 0.3) is 5.91 Å². The molecule has 0 spiro atoms. The van der Waals surface area contributed by atoms with Gasteiger partial charge in [-0.05, 0) is 62.1 Å². The summed E-state index contributed by atoms with van der Waals surface area (Å²) in [5.74, 6) is 1.56. The van der Waals surface area contributed by atoms with Gasteiger partial charge in [0.05, 0.1) is 17.2 Å². The van der Waals surface area contributed by atoms with Crippen LogP contribution < -0.4 is 19.5 Å². The van der Waals surface area contributed by atoms with E-state index >= 15 is 0 Å². The Morgan fingerprint density at radius 3 is 2.64 bits per heavy atom. The van der Waals surface area contributed by atoms with E-state index in [-0.39, 0.29) is 35.7 Å². The van der Waals surface area contributed by atoms with Crippen molar-refractivity contribution in [3.63, 3.8) is 0 Å². The molecule has 2 heterocycles. The minimum atomic E-state index is -3.83. The van der Waals surface area contributed by atoms with E-state index in [2.05, 4.69) is 10.0 Å². The number of sulfonamides is 1. The van der Waals surface area contributed by atoms with E-state index in [0.29, 0.717) is 18.0 Å². The van der Waals surface area contributed by atoms with E-state index in [1.807, 2.05) is 25.1 Å². The van der Waals surface area contributed by atoms with Crippen LogP contribution in [0.1, 0.15) is 27.7 Å². The summed E-state index contributed by atoms with van der Waals surface area (Å²) in [7, 11) is -0.0595. The number of hydrogen-bond acceptors (Lipinski definition) is 7. The van der Waals surface area contributed by atoms with Gasteiger partial charge < -0.3 is 19.2 Å². The smallest absolute Gasteiger partial charge is 0.251 e. The second-order valence-electron chi connectivity index (χ2n) is 7.74. The first-order valence-corrected chi connectivity index (χ1v) is 11.8. The summed E-state index contributed by atoms with van der Waals surface area (Å²) in [6, 6.07) is 14.6. The molecule has 0 saturated carbocycles. The molecule has 3 aromatic rings. The van der Waals surface area contributed by atoms with Crippen molar-refractivity contribution in [1.29, 1.82) is 0 Å². The van der Waals surface area contributed by atoms with Gasteiger partial charge in [0.1, 0.15) is 5.76 Å². The molecule has 4 rings (SSSR count). The van der Waals surface area contributed by atoms with Gasteiger partial charge >= 0.3 is 0 Å². The fourth-order valence-corrected chi connectivity index (χ4v) is 4.49. The van der Waals surface area contributed by atoms with Crippen molar-refractivity contribution < 1.29 is 27.1 Å². The van der Waals surface area contributed by atoms with Crippen molar-refractivity contribution in [2.45, 2.75) is 17.5 Å². The monoisotopic (exact) mass is 471 g/mol. The van der Waals surface area contributed by atoms with Crippen LogP contribution in [0.25, 0.3) is 0 Å². The molecule has 1 unspecified atom stereocenters. The summed E-state index contributed by atoms with van der Waals surface area (Å²) in [6.45, 7) is 0.526. The van der Waals surface area contributed by atoms with Gasteiger partial charge in [0, 0.05) is 18.7 Å². The number of carbonyl (C=O) groups excluding carboxylic acids is 1. The molecule has 0 saturated heterocycles. The van der Waals surface area contributed by atoms with Crippen LogP contribution in [0, 0.1) is 0 Å². The lowest BCUT2D eigenvalue weighted by atomic mass is 10.2. The van der Waals surface area contributed by atoms with Crippen LogP contribution in [-0.4, -0.2) is 46.7 Å². The van der Waals surface area contributed by atoms with Gasteiger partial charge in [-0.1, -0.05) is 12.1 Å². The van der Waals surface area contributed by atoms with Crippen LogP contribution in [-0.2, 0) is 16.6 Å².